The number of hydrogen-bond donors (Lipinski definition) is 2. The number of likely N-dealkylation sites (N-methyl/N-ethyl adjacent to an activating group) is 1. The summed E-state index contributed by atoms with van der Waals surface area (Å²) in [5.41, 5.74) is 2.12. The van der Waals surface area contributed by atoms with Crippen LogP contribution in [0.25, 0.3) is 0 Å². The average molecular weight is 436 g/mol. The third kappa shape index (κ3) is 9.06. The van der Waals surface area contributed by atoms with Gasteiger partial charge in [0.15, 0.2) is 0 Å². The molecular weight excluding hydrogens is 398 g/mol. The number of amides is 1. The van der Waals surface area contributed by atoms with Gasteiger partial charge in [-0.1, -0.05) is 19.1 Å². The molecule has 2 saturated heterocycles. The van der Waals surface area contributed by atoms with Crippen LogP contribution < -0.4 is 0 Å². The van der Waals surface area contributed by atoms with Crippen molar-refractivity contribution >= 4 is 18.9 Å². The van der Waals surface area contributed by atoms with Crippen molar-refractivity contribution in [2.45, 2.75) is 39.2 Å². The number of hydrogen-bond acceptors (Lipinski definition) is 5. The van der Waals surface area contributed by atoms with E-state index in [4.69, 9.17) is 19.8 Å². The Morgan fingerprint density at radius 2 is 1.58 bits per heavy atom. The molecule has 174 valence electrons. The first-order valence-corrected chi connectivity index (χ1v) is 10.9. The van der Waals surface area contributed by atoms with Gasteiger partial charge >= 0.3 is 0 Å². The third-order valence-electron chi connectivity index (χ3n) is 5.97. The Hall–Kier alpha value is -2.45. The molecule has 0 saturated carbocycles. The summed E-state index contributed by atoms with van der Waals surface area (Å²) in [5, 5.41) is 13.8. The molecule has 0 aromatic heterocycles. The summed E-state index contributed by atoms with van der Waals surface area (Å²) in [4.78, 5) is 36.5. The van der Waals surface area contributed by atoms with E-state index in [0.717, 1.165) is 43.8 Å². The van der Waals surface area contributed by atoms with E-state index < -0.39 is 0 Å². The Bertz CT molecular complexity index is 654. The van der Waals surface area contributed by atoms with E-state index in [1.165, 1.54) is 31.7 Å². The molecule has 2 heterocycles. The molecule has 1 aromatic rings. The van der Waals surface area contributed by atoms with Crippen molar-refractivity contribution in [3.63, 3.8) is 0 Å². The van der Waals surface area contributed by atoms with E-state index in [0.29, 0.717) is 6.04 Å². The molecule has 1 amide bonds. The first kappa shape index (κ1) is 26.6. The second-order valence-electron chi connectivity index (χ2n) is 8.10. The molecule has 8 heteroatoms. The normalized spacial score (nSPS) is 20.0. The summed E-state index contributed by atoms with van der Waals surface area (Å²) >= 11 is 0. The number of carboxylic acid groups (broad SMARTS) is 2. The highest BCUT2D eigenvalue weighted by atomic mass is 16.3. The maximum absolute atomic E-state index is 12.7. The van der Waals surface area contributed by atoms with E-state index in [1.54, 1.807) is 0 Å². The van der Waals surface area contributed by atoms with E-state index in [1.807, 2.05) is 17.0 Å². The number of carbonyl (C=O) groups is 3. The molecule has 0 radical (unpaired) electrons. The molecule has 2 aliphatic rings. The molecule has 1 unspecified atom stereocenters. The molecule has 1 atom stereocenters. The Labute approximate surface area is 185 Å². The molecule has 0 bridgehead atoms. The fourth-order valence-electron chi connectivity index (χ4n) is 4.16. The minimum Gasteiger partial charge on any atom is -0.483 e. The average Bonchev–Trinajstić information content (AvgIpc) is 2.77. The minimum atomic E-state index is -0.250. The fourth-order valence-corrected chi connectivity index (χ4v) is 4.16. The smallest absolute Gasteiger partial charge is 0.290 e. The standard InChI is InChI=1S/C21H33N3O.2CH2O2/c1-4-18-5-7-20(8-6-18)21(25)23-11-9-19(10-12-23)16-24-14-13-22(3)15-17(24)2;2*2-1-3/h5-8,17,19H,4,9-16H2,1-3H3;2*1H,(H,2,3). The zero-order valence-corrected chi connectivity index (χ0v) is 18.9. The number of piperazine rings is 1. The van der Waals surface area contributed by atoms with E-state index >= 15 is 0 Å². The highest BCUT2D eigenvalue weighted by molar-refractivity contribution is 5.94. The molecule has 8 nitrogen and oxygen atoms in total. The number of nitrogens with zero attached hydrogens (tertiary/aromatic N) is 3. The van der Waals surface area contributed by atoms with Gasteiger partial charge in [-0.25, -0.2) is 0 Å². The summed E-state index contributed by atoms with van der Waals surface area (Å²) in [6, 6.07) is 8.78. The van der Waals surface area contributed by atoms with Gasteiger partial charge in [0, 0.05) is 50.9 Å². The Morgan fingerprint density at radius 3 is 2.06 bits per heavy atom. The lowest BCUT2D eigenvalue weighted by molar-refractivity contribution is -0.123. The molecule has 1 aromatic carbocycles. The summed E-state index contributed by atoms with van der Waals surface area (Å²) in [5.74, 6) is 0.937. The first-order valence-electron chi connectivity index (χ1n) is 10.9. The minimum absolute atomic E-state index is 0.203. The lowest BCUT2D eigenvalue weighted by Gasteiger charge is -2.41. The molecule has 31 heavy (non-hydrogen) atoms. The molecule has 2 fully saturated rings. The SMILES string of the molecule is CCc1ccc(C(=O)N2CCC(CN3CCN(C)CC3C)CC2)cc1.O=CO.O=CO. The van der Waals surface area contributed by atoms with Gasteiger partial charge in [-0.2, -0.15) is 0 Å². The van der Waals surface area contributed by atoms with Crippen LogP contribution in [0.1, 0.15) is 42.6 Å². The van der Waals surface area contributed by atoms with Crippen LogP contribution in [0.2, 0.25) is 0 Å². The van der Waals surface area contributed by atoms with E-state index in [9.17, 15) is 4.79 Å². The van der Waals surface area contributed by atoms with E-state index in [-0.39, 0.29) is 18.9 Å². The van der Waals surface area contributed by atoms with Gasteiger partial charge in [0.1, 0.15) is 0 Å². The summed E-state index contributed by atoms with van der Waals surface area (Å²) in [7, 11) is 2.21. The van der Waals surface area contributed by atoms with E-state index in [2.05, 4.69) is 42.8 Å². The van der Waals surface area contributed by atoms with Gasteiger partial charge < -0.3 is 20.0 Å². The summed E-state index contributed by atoms with van der Waals surface area (Å²) in [6.07, 6.45) is 3.29. The van der Waals surface area contributed by atoms with Crippen molar-refractivity contribution in [2.24, 2.45) is 5.92 Å². The number of benzene rings is 1. The lowest BCUT2D eigenvalue weighted by Crippen LogP contribution is -2.52. The van der Waals surface area contributed by atoms with Crippen LogP contribution in [0.3, 0.4) is 0 Å². The number of carbonyl (C=O) groups excluding carboxylic acids is 1. The predicted octanol–water partition coefficient (Wildman–Crippen LogP) is 2.14. The van der Waals surface area contributed by atoms with Gasteiger partial charge in [-0.15, -0.1) is 0 Å². The molecular formula is C23H37N3O5. The highest BCUT2D eigenvalue weighted by Gasteiger charge is 2.28. The number of aryl methyl sites for hydroxylation is 1. The fraction of sp³-hybridized carbons (Fsp3) is 0.609. The summed E-state index contributed by atoms with van der Waals surface area (Å²) < 4.78 is 0. The quantitative estimate of drug-likeness (QED) is 0.699. The lowest BCUT2D eigenvalue weighted by atomic mass is 9.94. The van der Waals surface area contributed by atoms with Gasteiger partial charge in [0.25, 0.3) is 18.9 Å². The van der Waals surface area contributed by atoms with Crippen LogP contribution in [0.15, 0.2) is 24.3 Å². The second-order valence-corrected chi connectivity index (χ2v) is 8.10. The van der Waals surface area contributed by atoms with Crippen LogP contribution in [0.5, 0.6) is 0 Å². The van der Waals surface area contributed by atoms with Crippen molar-refractivity contribution in [1.29, 1.82) is 0 Å². The highest BCUT2D eigenvalue weighted by Crippen LogP contribution is 2.22. The topological polar surface area (TPSA) is 101 Å². The summed E-state index contributed by atoms with van der Waals surface area (Å²) in [6.45, 7) is 10.5. The van der Waals surface area contributed by atoms with Crippen LogP contribution in [-0.2, 0) is 16.0 Å². The molecule has 0 spiro atoms. The Kier molecular flexibility index (Phi) is 12.5. The van der Waals surface area contributed by atoms with Crippen molar-refractivity contribution in [3.8, 4) is 0 Å². The zero-order valence-electron chi connectivity index (χ0n) is 18.9. The first-order chi connectivity index (χ1) is 14.9. The van der Waals surface area contributed by atoms with Crippen molar-refractivity contribution in [2.75, 3.05) is 46.3 Å². The molecule has 0 aliphatic carbocycles. The van der Waals surface area contributed by atoms with Gasteiger partial charge in [0.2, 0.25) is 0 Å². The van der Waals surface area contributed by atoms with Gasteiger partial charge in [-0.05, 0) is 56.8 Å². The molecule has 2 aliphatic heterocycles. The maximum atomic E-state index is 12.7. The van der Waals surface area contributed by atoms with Crippen molar-refractivity contribution in [3.05, 3.63) is 35.4 Å². The molecule has 2 N–H and O–H groups in total. The predicted molar refractivity (Wildman–Crippen MR) is 120 cm³/mol. The van der Waals surface area contributed by atoms with Crippen molar-refractivity contribution < 1.29 is 24.6 Å². The Balaban J connectivity index is 0.000000720. The monoisotopic (exact) mass is 435 g/mol. The van der Waals surface area contributed by atoms with Crippen LogP contribution in [-0.4, -0.2) is 96.1 Å². The largest absolute Gasteiger partial charge is 0.483 e. The van der Waals surface area contributed by atoms with Crippen molar-refractivity contribution in [1.82, 2.24) is 14.7 Å². The Morgan fingerprint density at radius 1 is 1.03 bits per heavy atom. The third-order valence-corrected chi connectivity index (χ3v) is 5.97. The van der Waals surface area contributed by atoms with Gasteiger partial charge in [-0.3, -0.25) is 19.3 Å². The number of piperidine rings is 1. The van der Waals surface area contributed by atoms with Gasteiger partial charge in [0.05, 0.1) is 0 Å². The number of likely N-dealkylation sites (tertiary alicyclic amines) is 1. The zero-order chi connectivity index (χ0) is 23.2. The molecule has 3 rings (SSSR count). The maximum Gasteiger partial charge on any atom is 0.290 e. The van der Waals surface area contributed by atoms with Crippen LogP contribution >= 0.6 is 0 Å². The van der Waals surface area contributed by atoms with Crippen LogP contribution in [0.4, 0.5) is 0 Å². The number of rotatable bonds is 4. The van der Waals surface area contributed by atoms with Crippen LogP contribution in [0, 0.1) is 5.92 Å². The second kappa shape index (κ2) is 14.5.